The van der Waals surface area contributed by atoms with Crippen LogP contribution in [0.4, 0.5) is 0 Å². The molecule has 0 aliphatic carbocycles. The highest BCUT2D eigenvalue weighted by atomic mass is 31.2. The highest BCUT2D eigenvalue weighted by Gasteiger charge is 2.27. The van der Waals surface area contributed by atoms with Crippen LogP contribution in [0, 0.1) is 0 Å². The Labute approximate surface area is 349 Å². The maximum absolute atomic E-state index is 12.6. The lowest BCUT2D eigenvalue weighted by molar-refractivity contribution is -0.153. The second-order valence-corrected chi connectivity index (χ2v) is 17.4. The van der Waals surface area contributed by atoms with Crippen LogP contribution in [0.5, 0.6) is 0 Å². The lowest BCUT2D eigenvalue weighted by atomic mass is 10.0. The van der Waals surface area contributed by atoms with Gasteiger partial charge in [0.05, 0.1) is 19.5 Å². The lowest BCUT2D eigenvalue weighted by Gasteiger charge is -2.20. The minimum Gasteiger partial charge on any atom is -0.498 e. The number of ether oxygens (including phenoxy) is 2. The van der Waals surface area contributed by atoms with Gasteiger partial charge in [0.15, 0.2) is 6.10 Å². The van der Waals surface area contributed by atoms with Crippen molar-refractivity contribution >= 4 is 19.8 Å². The fraction of sp³-hybridized carbons (Fsp3) is 0.870. The van der Waals surface area contributed by atoms with Gasteiger partial charge in [0.1, 0.15) is 12.6 Å². The number of carboxylic acids is 1. The van der Waals surface area contributed by atoms with Crippen LogP contribution in [0.3, 0.4) is 0 Å². The fourth-order valence-electron chi connectivity index (χ4n) is 6.62. The zero-order chi connectivity index (χ0) is 41.9. The summed E-state index contributed by atoms with van der Waals surface area (Å²) in [7, 11) is -4.63. The van der Waals surface area contributed by atoms with Gasteiger partial charge in [-0.3, -0.25) is 18.6 Å². The summed E-state index contributed by atoms with van der Waals surface area (Å²) in [6.45, 7) is 3.29. The standard InChI is InChI=1S/C46H88NO9P/c1-3-5-7-9-11-13-15-17-19-21-23-25-27-29-31-33-35-37-39-53-40-43(41-54-57(51,52)55-42-44(47)46(49)50)56-45(48)38-36-34-32-30-28-26-24-22-20-18-16-14-12-10-8-6-4-2/h18,20,37,39,43-44H,3-17,19,21-36,38,40-42,47H2,1-2H3,(H,49,50)(H,51,52)/b20-18-,39-37-/t43-,44+/m1/s1. The molecule has 0 aliphatic heterocycles. The van der Waals surface area contributed by atoms with Crippen molar-refractivity contribution in [2.75, 3.05) is 19.8 Å². The van der Waals surface area contributed by atoms with Crippen LogP contribution < -0.4 is 5.73 Å². The predicted molar refractivity (Wildman–Crippen MR) is 235 cm³/mol. The smallest absolute Gasteiger partial charge is 0.472 e. The number of nitrogens with two attached hydrogens (primary N) is 1. The van der Waals surface area contributed by atoms with Crippen LogP contribution in [0.15, 0.2) is 24.5 Å². The number of rotatable bonds is 45. The highest BCUT2D eigenvalue weighted by Crippen LogP contribution is 2.43. The van der Waals surface area contributed by atoms with Crippen molar-refractivity contribution < 1.29 is 42.7 Å². The largest absolute Gasteiger partial charge is 0.498 e. The number of carbonyl (C=O) groups excluding carboxylic acids is 1. The molecule has 0 saturated carbocycles. The van der Waals surface area contributed by atoms with E-state index in [1.807, 2.05) is 6.08 Å². The Morgan fingerprint density at radius 3 is 1.33 bits per heavy atom. The maximum atomic E-state index is 12.6. The predicted octanol–water partition coefficient (Wildman–Crippen LogP) is 13.4. The van der Waals surface area contributed by atoms with Crippen LogP contribution in [0.1, 0.15) is 226 Å². The molecule has 57 heavy (non-hydrogen) atoms. The van der Waals surface area contributed by atoms with Crippen LogP contribution in [-0.2, 0) is 32.7 Å². The summed E-state index contributed by atoms with van der Waals surface area (Å²) >= 11 is 0. The molecule has 0 amide bonds. The number of esters is 1. The molecule has 0 radical (unpaired) electrons. The SMILES string of the molecule is CCCCCCCC/C=C\CCCCCCCCCC(=O)O[C@H](CO/C=C\CCCCCCCCCCCCCCCCCC)COP(=O)(O)OC[C@H](N)C(=O)O. The van der Waals surface area contributed by atoms with E-state index >= 15 is 0 Å². The lowest BCUT2D eigenvalue weighted by Crippen LogP contribution is -2.34. The summed E-state index contributed by atoms with van der Waals surface area (Å²) in [5.74, 6) is -1.80. The number of carboxylic acid groups (broad SMARTS) is 1. The number of hydrogen-bond acceptors (Lipinski definition) is 8. The van der Waals surface area contributed by atoms with Gasteiger partial charge >= 0.3 is 19.8 Å². The zero-order valence-electron chi connectivity index (χ0n) is 36.7. The minimum absolute atomic E-state index is 0.0654. The Morgan fingerprint density at radius 2 is 0.912 bits per heavy atom. The molecule has 11 heteroatoms. The van der Waals surface area contributed by atoms with Gasteiger partial charge in [-0.05, 0) is 51.0 Å². The molecule has 0 spiro atoms. The first kappa shape index (κ1) is 55.3. The maximum Gasteiger partial charge on any atom is 0.472 e. The summed E-state index contributed by atoms with van der Waals surface area (Å²) in [6, 6.07) is -1.48. The van der Waals surface area contributed by atoms with Gasteiger partial charge in [0.25, 0.3) is 0 Å². The molecule has 0 heterocycles. The fourth-order valence-corrected chi connectivity index (χ4v) is 7.40. The molecule has 3 atom stereocenters. The van der Waals surface area contributed by atoms with Gasteiger partial charge in [-0.25, -0.2) is 4.57 Å². The van der Waals surface area contributed by atoms with E-state index in [-0.39, 0.29) is 13.0 Å². The first-order valence-corrected chi connectivity index (χ1v) is 24.9. The third kappa shape index (κ3) is 42.2. The van der Waals surface area contributed by atoms with Crippen molar-refractivity contribution in [1.29, 1.82) is 0 Å². The van der Waals surface area contributed by atoms with Crippen LogP contribution in [0.25, 0.3) is 0 Å². The number of phosphoric ester groups is 1. The highest BCUT2D eigenvalue weighted by molar-refractivity contribution is 7.47. The molecule has 0 fully saturated rings. The van der Waals surface area contributed by atoms with E-state index < -0.39 is 45.1 Å². The van der Waals surface area contributed by atoms with E-state index in [1.165, 1.54) is 161 Å². The molecule has 336 valence electrons. The molecular weight excluding hydrogens is 741 g/mol. The van der Waals surface area contributed by atoms with Crippen molar-refractivity contribution in [1.82, 2.24) is 0 Å². The minimum atomic E-state index is -4.63. The quantitative estimate of drug-likeness (QED) is 0.0178. The van der Waals surface area contributed by atoms with Gasteiger partial charge < -0.3 is 25.2 Å². The van der Waals surface area contributed by atoms with Crippen LogP contribution in [-0.4, -0.2) is 53.9 Å². The second-order valence-electron chi connectivity index (χ2n) is 16.0. The molecule has 4 N–H and O–H groups in total. The average molecular weight is 830 g/mol. The molecule has 0 aliphatic rings. The van der Waals surface area contributed by atoms with E-state index in [0.29, 0.717) is 6.42 Å². The molecular formula is C46H88NO9P. The number of hydrogen-bond donors (Lipinski definition) is 3. The first-order chi connectivity index (χ1) is 27.7. The second kappa shape index (κ2) is 42.4. The summed E-state index contributed by atoms with van der Waals surface area (Å²) < 4.78 is 33.2. The summed E-state index contributed by atoms with van der Waals surface area (Å²) in [5.41, 5.74) is 5.36. The Bertz CT molecular complexity index is 1010. The number of carbonyl (C=O) groups is 2. The van der Waals surface area contributed by atoms with Crippen molar-refractivity contribution in [3.8, 4) is 0 Å². The van der Waals surface area contributed by atoms with Gasteiger partial charge in [0.2, 0.25) is 0 Å². The monoisotopic (exact) mass is 830 g/mol. The number of aliphatic carboxylic acids is 1. The van der Waals surface area contributed by atoms with Crippen molar-refractivity contribution in [3.63, 3.8) is 0 Å². The molecule has 10 nitrogen and oxygen atoms in total. The van der Waals surface area contributed by atoms with E-state index in [1.54, 1.807) is 6.26 Å². The molecule has 1 unspecified atom stereocenters. The summed E-state index contributed by atoms with van der Waals surface area (Å²) in [4.78, 5) is 33.6. The summed E-state index contributed by atoms with van der Waals surface area (Å²) in [5, 5.41) is 8.90. The third-order valence-corrected chi connectivity index (χ3v) is 11.2. The van der Waals surface area contributed by atoms with Gasteiger partial charge in [-0.2, -0.15) is 0 Å². The molecule has 0 rings (SSSR count). The third-order valence-electron chi connectivity index (χ3n) is 10.3. The molecule has 0 bridgehead atoms. The zero-order valence-corrected chi connectivity index (χ0v) is 37.6. The Hall–Kier alpha value is -1.71. The Morgan fingerprint density at radius 1 is 0.544 bits per heavy atom. The van der Waals surface area contributed by atoms with E-state index in [2.05, 4.69) is 26.0 Å². The van der Waals surface area contributed by atoms with Gasteiger partial charge in [-0.1, -0.05) is 187 Å². The van der Waals surface area contributed by atoms with Crippen molar-refractivity contribution in [2.24, 2.45) is 5.73 Å². The Balaban J connectivity index is 4.23. The molecule has 0 saturated heterocycles. The number of phosphoric acid groups is 1. The molecule has 0 aromatic heterocycles. The van der Waals surface area contributed by atoms with E-state index in [9.17, 15) is 19.0 Å². The van der Waals surface area contributed by atoms with E-state index in [4.69, 9.17) is 29.4 Å². The topological polar surface area (TPSA) is 155 Å². The van der Waals surface area contributed by atoms with Crippen LogP contribution >= 0.6 is 7.82 Å². The number of allylic oxidation sites excluding steroid dienone is 3. The first-order valence-electron chi connectivity index (χ1n) is 23.4. The molecule has 0 aromatic carbocycles. The van der Waals surface area contributed by atoms with Crippen molar-refractivity contribution in [3.05, 3.63) is 24.5 Å². The Kier molecular flexibility index (Phi) is 41.1. The average Bonchev–Trinajstić information content (AvgIpc) is 3.19. The van der Waals surface area contributed by atoms with Gasteiger partial charge in [-0.15, -0.1) is 0 Å². The summed E-state index contributed by atoms with van der Waals surface area (Å²) in [6.07, 6.45) is 47.4. The normalized spacial score (nSPS) is 14.0. The molecule has 0 aromatic rings. The number of unbranched alkanes of at least 4 members (excludes halogenated alkanes) is 29. The van der Waals surface area contributed by atoms with E-state index in [0.717, 1.165) is 38.5 Å². The van der Waals surface area contributed by atoms with Gasteiger partial charge in [0, 0.05) is 6.42 Å². The van der Waals surface area contributed by atoms with Crippen LogP contribution in [0.2, 0.25) is 0 Å². The van der Waals surface area contributed by atoms with Crippen molar-refractivity contribution in [2.45, 2.75) is 238 Å².